The summed E-state index contributed by atoms with van der Waals surface area (Å²) in [6.45, 7) is 6.52. The highest BCUT2D eigenvalue weighted by molar-refractivity contribution is 5.77. The zero-order chi connectivity index (χ0) is 18.7. The molecule has 0 bridgehead atoms. The molecule has 6 nitrogen and oxygen atoms in total. The Hall–Kier alpha value is -2.89. The molecule has 2 N–H and O–H groups in total. The van der Waals surface area contributed by atoms with Crippen molar-refractivity contribution in [3.63, 3.8) is 0 Å². The highest BCUT2D eigenvalue weighted by atomic mass is 16.2. The van der Waals surface area contributed by atoms with Gasteiger partial charge in [0, 0.05) is 13.2 Å². The molecule has 1 aromatic carbocycles. The Morgan fingerprint density at radius 2 is 2.12 bits per heavy atom. The minimum Gasteiger partial charge on any atom is -0.340 e. The first kappa shape index (κ1) is 17.9. The van der Waals surface area contributed by atoms with Gasteiger partial charge in [-0.25, -0.2) is 9.78 Å². The number of amides is 2. The van der Waals surface area contributed by atoms with Crippen LogP contribution in [0.3, 0.4) is 0 Å². The molecule has 0 fully saturated rings. The molecule has 2 amide bonds. The van der Waals surface area contributed by atoms with Crippen molar-refractivity contribution >= 4 is 17.1 Å². The number of hydrogen-bond donors (Lipinski definition) is 2. The van der Waals surface area contributed by atoms with E-state index in [-0.39, 0.29) is 12.1 Å². The summed E-state index contributed by atoms with van der Waals surface area (Å²) >= 11 is 0. The maximum atomic E-state index is 12.5. The Kier molecular flexibility index (Phi) is 5.21. The van der Waals surface area contributed by atoms with Gasteiger partial charge in [0.1, 0.15) is 5.82 Å². The number of benzene rings is 1. The van der Waals surface area contributed by atoms with Crippen molar-refractivity contribution in [3.05, 3.63) is 59.2 Å². The molecule has 0 aliphatic rings. The van der Waals surface area contributed by atoms with E-state index in [1.807, 2.05) is 44.3 Å². The number of hydrogen-bond acceptors (Lipinski definition) is 3. The number of aryl methyl sites for hydroxylation is 2. The number of rotatable bonds is 5. The van der Waals surface area contributed by atoms with Gasteiger partial charge in [-0.05, 0) is 49.6 Å². The second-order valence-electron chi connectivity index (χ2n) is 6.68. The topological polar surface area (TPSA) is 73.9 Å². The molecule has 0 aliphatic carbocycles. The van der Waals surface area contributed by atoms with Crippen LogP contribution in [0.15, 0.2) is 36.5 Å². The Morgan fingerprint density at radius 1 is 1.31 bits per heavy atom. The smallest absolute Gasteiger partial charge is 0.318 e. The third kappa shape index (κ3) is 4.02. The summed E-state index contributed by atoms with van der Waals surface area (Å²) in [7, 11) is 1.76. The average Bonchev–Trinajstić information content (AvgIpc) is 3.05. The van der Waals surface area contributed by atoms with Crippen LogP contribution in [0.25, 0.3) is 11.0 Å². The van der Waals surface area contributed by atoms with Gasteiger partial charge in [-0.1, -0.05) is 19.1 Å². The Labute approximate surface area is 153 Å². The molecule has 0 spiro atoms. The molecule has 0 saturated heterocycles. The quantitative estimate of drug-likeness (QED) is 0.735. The monoisotopic (exact) mass is 351 g/mol. The lowest BCUT2D eigenvalue weighted by Crippen LogP contribution is -2.38. The van der Waals surface area contributed by atoms with Crippen LogP contribution in [0.5, 0.6) is 0 Å². The fraction of sp³-hybridized carbons (Fsp3) is 0.350. The summed E-state index contributed by atoms with van der Waals surface area (Å²) in [6, 6.07) is 9.71. The number of fused-ring (bicyclic) bond motifs is 1. The van der Waals surface area contributed by atoms with Gasteiger partial charge in [0.25, 0.3) is 0 Å². The Morgan fingerprint density at radius 3 is 2.81 bits per heavy atom. The predicted molar refractivity (Wildman–Crippen MR) is 103 cm³/mol. The van der Waals surface area contributed by atoms with Gasteiger partial charge in [0.15, 0.2) is 0 Å². The fourth-order valence-corrected chi connectivity index (χ4v) is 2.78. The lowest BCUT2D eigenvalue weighted by molar-refractivity contribution is 0.202. The number of aromatic amines is 1. The number of carbonyl (C=O) groups is 1. The van der Waals surface area contributed by atoms with Crippen molar-refractivity contribution in [2.24, 2.45) is 0 Å². The van der Waals surface area contributed by atoms with Gasteiger partial charge in [0.2, 0.25) is 0 Å². The molecular formula is C20H25N5O. The number of nitrogens with zero attached hydrogens (tertiary/aromatic N) is 3. The maximum absolute atomic E-state index is 12.5. The first-order chi connectivity index (χ1) is 12.5. The second kappa shape index (κ2) is 7.56. The molecule has 3 aromatic rings. The van der Waals surface area contributed by atoms with E-state index in [1.54, 1.807) is 11.9 Å². The van der Waals surface area contributed by atoms with Crippen molar-refractivity contribution in [1.29, 1.82) is 0 Å². The maximum Gasteiger partial charge on any atom is 0.318 e. The van der Waals surface area contributed by atoms with Crippen molar-refractivity contribution < 1.29 is 4.79 Å². The zero-order valence-electron chi connectivity index (χ0n) is 15.7. The van der Waals surface area contributed by atoms with Gasteiger partial charge >= 0.3 is 6.03 Å². The summed E-state index contributed by atoms with van der Waals surface area (Å²) in [5, 5.41) is 2.98. The molecule has 0 aliphatic heterocycles. The Balaban J connectivity index is 1.63. The number of nitrogens with one attached hydrogen (secondary N) is 2. The largest absolute Gasteiger partial charge is 0.340 e. The number of imidazole rings is 1. The van der Waals surface area contributed by atoms with Crippen LogP contribution >= 0.6 is 0 Å². The van der Waals surface area contributed by atoms with Crippen molar-refractivity contribution in [2.75, 3.05) is 7.05 Å². The third-order valence-electron chi connectivity index (χ3n) is 4.45. The van der Waals surface area contributed by atoms with E-state index in [2.05, 4.69) is 33.3 Å². The summed E-state index contributed by atoms with van der Waals surface area (Å²) in [5.41, 5.74) is 5.11. The first-order valence-electron chi connectivity index (χ1n) is 8.88. The highest BCUT2D eigenvalue weighted by Gasteiger charge is 2.16. The molecule has 6 heteroatoms. The van der Waals surface area contributed by atoms with Crippen LogP contribution in [0.1, 0.15) is 42.5 Å². The van der Waals surface area contributed by atoms with Crippen molar-refractivity contribution in [3.8, 4) is 0 Å². The van der Waals surface area contributed by atoms with Gasteiger partial charge in [0.05, 0.1) is 29.3 Å². The number of H-pyrrole nitrogens is 1. The number of carbonyl (C=O) groups excluding carboxylic acids is 1. The van der Waals surface area contributed by atoms with E-state index in [9.17, 15) is 4.79 Å². The molecule has 26 heavy (non-hydrogen) atoms. The van der Waals surface area contributed by atoms with Gasteiger partial charge in [-0.2, -0.15) is 0 Å². The van der Waals surface area contributed by atoms with E-state index in [0.717, 1.165) is 29.0 Å². The average molecular weight is 351 g/mol. The third-order valence-corrected chi connectivity index (χ3v) is 4.45. The summed E-state index contributed by atoms with van der Waals surface area (Å²) < 4.78 is 0. The SMILES string of the molecule is CCc1ccc(CN(C)C(=O)NC(C)c2nc3ccc(C)cc3[nH]2)nc1. The molecular weight excluding hydrogens is 326 g/mol. The first-order valence-corrected chi connectivity index (χ1v) is 8.88. The molecule has 136 valence electrons. The van der Waals surface area contributed by atoms with E-state index in [1.165, 1.54) is 11.1 Å². The van der Waals surface area contributed by atoms with E-state index < -0.39 is 0 Å². The number of urea groups is 1. The molecule has 0 saturated carbocycles. The predicted octanol–water partition coefficient (Wildman–Crippen LogP) is 3.73. The standard InChI is InChI=1S/C20H25N5O/c1-5-15-7-8-16(21-11-15)12-25(4)20(26)22-14(3)19-23-17-9-6-13(2)10-18(17)24-19/h6-11,14H,5,12H2,1-4H3,(H,22,26)(H,23,24). The van der Waals surface area contributed by atoms with Crippen LogP contribution in [0.4, 0.5) is 4.79 Å². The van der Waals surface area contributed by atoms with E-state index in [4.69, 9.17) is 0 Å². The molecule has 1 unspecified atom stereocenters. The molecule has 2 heterocycles. The Bertz CT molecular complexity index is 900. The van der Waals surface area contributed by atoms with Crippen LogP contribution in [-0.4, -0.2) is 32.9 Å². The van der Waals surface area contributed by atoms with Gasteiger partial charge in [-0.3, -0.25) is 4.98 Å². The van der Waals surface area contributed by atoms with Crippen LogP contribution < -0.4 is 5.32 Å². The summed E-state index contributed by atoms with van der Waals surface area (Å²) in [4.78, 5) is 26.4. The fourth-order valence-electron chi connectivity index (χ4n) is 2.78. The van der Waals surface area contributed by atoms with Crippen LogP contribution in [0.2, 0.25) is 0 Å². The lowest BCUT2D eigenvalue weighted by Gasteiger charge is -2.20. The minimum absolute atomic E-state index is 0.157. The summed E-state index contributed by atoms with van der Waals surface area (Å²) in [5.74, 6) is 0.748. The van der Waals surface area contributed by atoms with Crippen molar-refractivity contribution in [2.45, 2.75) is 39.8 Å². The minimum atomic E-state index is -0.215. The molecule has 0 radical (unpaired) electrons. The van der Waals surface area contributed by atoms with Gasteiger partial charge in [-0.15, -0.1) is 0 Å². The van der Waals surface area contributed by atoms with E-state index in [0.29, 0.717) is 6.54 Å². The lowest BCUT2D eigenvalue weighted by atomic mass is 10.2. The highest BCUT2D eigenvalue weighted by Crippen LogP contribution is 2.17. The molecule has 2 aromatic heterocycles. The summed E-state index contributed by atoms with van der Waals surface area (Å²) in [6.07, 6.45) is 2.82. The van der Waals surface area contributed by atoms with Crippen LogP contribution in [-0.2, 0) is 13.0 Å². The number of aromatic nitrogens is 3. The van der Waals surface area contributed by atoms with Crippen LogP contribution in [0, 0.1) is 6.92 Å². The normalized spacial score (nSPS) is 12.2. The van der Waals surface area contributed by atoms with E-state index >= 15 is 0 Å². The second-order valence-corrected chi connectivity index (χ2v) is 6.68. The van der Waals surface area contributed by atoms with Gasteiger partial charge < -0.3 is 15.2 Å². The van der Waals surface area contributed by atoms with Crippen molar-refractivity contribution in [1.82, 2.24) is 25.2 Å². The molecule has 1 atom stereocenters. The molecule has 3 rings (SSSR count). The number of pyridine rings is 1. The zero-order valence-corrected chi connectivity index (χ0v) is 15.7.